The summed E-state index contributed by atoms with van der Waals surface area (Å²) in [5.41, 5.74) is 3.28. The predicted molar refractivity (Wildman–Crippen MR) is 309 cm³/mol. The van der Waals surface area contributed by atoms with Crippen molar-refractivity contribution in [1.82, 2.24) is 0 Å². The maximum atomic E-state index is 10.7. The van der Waals surface area contributed by atoms with Crippen molar-refractivity contribution >= 4 is 79.9 Å². The van der Waals surface area contributed by atoms with E-state index in [9.17, 15) is 9.59 Å². The highest BCUT2D eigenvalue weighted by Gasteiger charge is 2.46. The molecule has 10 aromatic carbocycles. The zero-order chi connectivity index (χ0) is 49.9. The minimum Gasteiger partial charge on any atom is -0.478 e. The number of aromatic carboxylic acids is 2. The standard InChI is InChI=1S/2C25H22P.C14H10O4S2/c2*1-5-13-22(14-6-1)21-26(23-15-7-2-8-16-23,24-17-9-3-10-18-24)25-19-11-4-12-20-25;15-13(16)9-1-5-11(6-2-9)19-20-12-7-3-10(4-8-12)14(17)18/h2*1-20H,21H2;1-8H,(H,15,16)(H,17,18)/q2*+1;. The zero-order valence-corrected chi connectivity index (χ0v) is 43.0. The Kier molecular flexibility index (Phi) is 18.2. The minimum atomic E-state index is -1.78. The lowest BCUT2D eigenvalue weighted by Crippen LogP contribution is -2.32. The van der Waals surface area contributed by atoms with Crippen LogP contribution in [0.5, 0.6) is 0 Å². The first-order valence-corrected chi connectivity index (χ1v) is 29.6. The monoisotopic (exact) mass is 1010 g/mol. The summed E-state index contributed by atoms with van der Waals surface area (Å²) in [6.45, 7) is 0. The molecule has 0 heterocycles. The number of carboxylic acids is 2. The topological polar surface area (TPSA) is 74.6 Å². The molecule has 0 aromatic heterocycles. The van der Waals surface area contributed by atoms with Gasteiger partial charge in [-0.1, -0.05) is 191 Å². The van der Waals surface area contributed by atoms with Crippen LogP contribution in [0.3, 0.4) is 0 Å². The molecule has 0 aliphatic rings. The Morgan fingerprint density at radius 3 is 0.667 bits per heavy atom. The number of benzene rings is 10. The van der Waals surface area contributed by atoms with Crippen LogP contribution in [0.25, 0.3) is 0 Å². The van der Waals surface area contributed by atoms with Gasteiger partial charge in [0, 0.05) is 9.79 Å². The van der Waals surface area contributed by atoms with E-state index in [1.54, 1.807) is 48.5 Å². The molecule has 0 aliphatic heterocycles. The Bertz CT molecular complexity index is 2780. The number of hydrogen-bond donors (Lipinski definition) is 2. The van der Waals surface area contributed by atoms with Crippen LogP contribution < -0.4 is 31.8 Å². The van der Waals surface area contributed by atoms with E-state index >= 15 is 0 Å². The largest absolute Gasteiger partial charge is 0.478 e. The van der Waals surface area contributed by atoms with Crippen LogP contribution in [0.4, 0.5) is 0 Å². The first-order valence-electron chi connectivity index (χ1n) is 23.5. The van der Waals surface area contributed by atoms with Gasteiger partial charge in [0.25, 0.3) is 0 Å². The van der Waals surface area contributed by atoms with Crippen molar-refractivity contribution in [3.63, 3.8) is 0 Å². The van der Waals surface area contributed by atoms with E-state index in [0.717, 1.165) is 22.1 Å². The van der Waals surface area contributed by atoms with Gasteiger partial charge in [0.1, 0.15) is 46.4 Å². The van der Waals surface area contributed by atoms with Gasteiger partial charge in [-0.2, -0.15) is 0 Å². The molecule has 0 amide bonds. The normalized spacial score (nSPS) is 10.9. The highest BCUT2D eigenvalue weighted by molar-refractivity contribution is 8.76. The fraction of sp³-hybridized carbons (Fsp3) is 0.0312. The smallest absolute Gasteiger partial charge is 0.335 e. The summed E-state index contributed by atoms with van der Waals surface area (Å²) in [7, 11) is -0.581. The summed E-state index contributed by atoms with van der Waals surface area (Å²) < 4.78 is 0. The summed E-state index contributed by atoms with van der Waals surface area (Å²) in [6, 6.07) is 101. The third-order valence-corrected chi connectivity index (χ3v) is 23.3. The average Bonchev–Trinajstić information content (AvgIpc) is 3.46. The molecule has 4 nitrogen and oxygen atoms in total. The lowest BCUT2D eigenvalue weighted by atomic mass is 10.2. The van der Waals surface area contributed by atoms with Gasteiger partial charge >= 0.3 is 11.9 Å². The summed E-state index contributed by atoms with van der Waals surface area (Å²) in [5, 5.41) is 26.2. The highest BCUT2D eigenvalue weighted by atomic mass is 33.1. The van der Waals surface area contributed by atoms with Crippen LogP contribution in [0, 0.1) is 0 Å². The molecule has 0 saturated carbocycles. The summed E-state index contributed by atoms with van der Waals surface area (Å²) in [4.78, 5) is 23.3. The van der Waals surface area contributed by atoms with E-state index in [4.69, 9.17) is 10.2 Å². The van der Waals surface area contributed by atoms with Crippen molar-refractivity contribution in [3.05, 3.63) is 313 Å². The Morgan fingerprint density at radius 1 is 0.278 bits per heavy atom. The van der Waals surface area contributed by atoms with Gasteiger partial charge < -0.3 is 10.2 Å². The van der Waals surface area contributed by atoms with E-state index in [0.29, 0.717) is 0 Å². The molecule has 8 heteroatoms. The molecular weight excluding hydrogens is 959 g/mol. The Balaban J connectivity index is 0.000000146. The summed E-state index contributed by atoms with van der Waals surface area (Å²) in [5.74, 6) is -1.89. The van der Waals surface area contributed by atoms with Crippen LogP contribution in [0.1, 0.15) is 31.8 Å². The maximum Gasteiger partial charge on any atom is 0.335 e. The van der Waals surface area contributed by atoms with Crippen LogP contribution in [-0.2, 0) is 12.3 Å². The van der Waals surface area contributed by atoms with Crippen molar-refractivity contribution in [2.45, 2.75) is 22.1 Å². The number of carbonyl (C=O) groups is 2. The Morgan fingerprint density at radius 2 is 0.472 bits per heavy atom. The SMILES string of the molecule is O=C(O)c1ccc(SSc2ccc(C(=O)O)cc2)cc1.c1ccc(C[P+](c2ccccc2)(c2ccccc2)c2ccccc2)cc1.c1ccc(C[P+](c2ccccc2)(c2ccccc2)c2ccccc2)cc1. The van der Waals surface area contributed by atoms with Crippen LogP contribution >= 0.6 is 36.1 Å². The van der Waals surface area contributed by atoms with E-state index in [-0.39, 0.29) is 11.1 Å². The molecule has 0 bridgehead atoms. The van der Waals surface area contributed by atoms with Crippen molar-refractivity contribution in [2.24, 2.45) is 0 Å². The molecule has 0 saturated heterocycles. The molecule has 0 spiro atoms. The lowest BCUT2D eigenvalue weighted by molar-refractivity contribution is 0.0686. The van der Waals surface area contributed by atoms with Gasteiger partial charge in [0.15, 0.2) is 0 Å². The zero-order valence-electron chi connectivity index (χ0n) is 39.5. The van der Waals surface area contributed by atoms with E-state index in [1.165, 1.54) is 64.5 Å². The first-order chi connectivity index (χ1) is 35.3. The lowest BCUT2D eigenvalue weighted by Gasteiger charge is -2.27. The Hall–Kier alpha value is -7.30. The molecule has 354 valence electrons. The second-order valence-electron chi connectivity index (χ2n) is 16.7. The highest BCUT2D eigenvalue weighted by Crippen LogP contribution is 2.59. The maximum absolute atomic E-state index is 10.7. The van der Waals surface area contributed by atoms with Crippen LogP contribution in [-0.4, -0.2) is 22.2 Å². The molecule has 0 atom stereocenters. The second-order valence-corrected chi connectivity index (χ2v) is 26.0. The van der Waals surface area contributed by atoms with Gasteiger partial charge in [0.2, 0.25) is 0 Å². The first kappa shape index (κ1) is 51.1. The van der Waals surface area contributed by atoms with Gasteiger partial charge in [-0.25, -0.2) is 9.59 Å². The van der Waals surface area contributed by atoms with Crippen molar-refractivity contribution < 1.29 is 19.8 Å². The molecule has 10 rings (SSSR count). The van der Waals surface area contributed by atoms with Crippen molar-refractivity contribution in [2.75, 3.05) is 0 Å². The van der Waals surface area contributed by atoms with Crippen LogP contribution in [0.2, 0.25) is 0 Å². The third kappa shape index (κ3) is 13.0. The molecule has 0 aliphatic carbocycles. The molecule has 0 fully saturated rings. The van der Waals surface area contributed by atoms with Crippen molar-refractivity contribution in [3.8, 4) is 0 Å². The summed E-state index contributed by atoms with van der Waals surface area (Å²) >= 11 is 0. The van der Waals surface area contributed by atoms with Gasteiger partial charge in [0.05, 0.1) is 23.5 Å². The van der Waals surface area contributed by atoms with E-state index < -0.39 is 26.5 Å². The summed E-state index contributed by atoms with van der Waals surface area (Å²) in [6.07, 6.45) is 2.07. The molecule has 0 radical (unpaired) electrons. The fourth-order valence-electron chi connectivity index (χ4n) is 8.65. The second kappa shape index (κ2) is 25.7. The predicted octanol–water partition coefficient (Wildman–Crippen LogP) is 14.2. The average molecular weight is 1010 g/mol. The molecule has 2 N–H and O–H groups in total. The molecule has 0 unspecified atom stereocenters. The van der Waals surface area contributed by atoms with Gasteiger partial charge in [-0.05, 0) is 132 Å². The molecule has 10 aromatic rings. The minimum absolute atomic E-state index is 0.255. The van der Waals surface area contributed by atoms with Gasteiger partial charge in [-0.3, -0.25) is 0 Å². The quantitative estimate of drug-likeness (QED) is 0.0787. The van der Waals surface area contributed by atoms with E-state index in [2.05, 4.69) is 243 Å². The van der Waals surface area contributed by atoms with Crippen molar-refractivity contribution in [1.29, 1.82) is 0 Å². The number of carboxylic acid groups (broad SMARTS) is 2. The number of rotatable bonds is 15. The van der Waals surface area contributed by atoms with E-state index in [1.807, 2.05) is 0 Å². The fourth-order valence-corrected chi connectivity index (χ4v) is 19.1. The molecule has 72 heavy (non-hydrogen) atoms. The Labute approximate surface area is 432 Å². The van der Waals surface area contributed by atoms with Gasteiger partial charge in [-0.15, -0.1) is 0 Å². The molecular formula is C64H54O4P2S2+2. The van der Waals surface area contributed by atoms with Crippen LogP contribution in [0.15, 0.2) is 301 Å². The number of hydrogen-bond acceptors (Lipinski definition) is 4. The third-order valence-electron chi connectivity index (χ3n) is 12.1.